The number of anilines is 2. The summed E-state index contributed by atoms with van der Waals surface area (Å²) in [4.78, 5) is 20.2. The maximum absolute atomic E-state index is 14.5. The highest BCUT2D eigenvalue weighted by atomic mass is 32.2. The van der Waals surface area contributed by atoms with Gasteiger partial charge in [-0.15, -0.1) is 0 Å². The van der Waals surface area contributed by atoms with Crippen LogP contribution in [-0.4, -0.2) is 33.5 Å². The van der Waals surface area contributed by atoms with Crippen molar-refractivity contribution in [2.45, 2.75) is 11.1 Å². The van der Waals surface area contributed by atoms with Crippen LogP contribution >= 0.6 is 0 Å². The molecule has 218 valence electrons. The van der Waals surface area contributed by atoms with Crippen molar-refractivity contribution in [2.24, 2.45) is 7.05 Å². The molecule has 0 saturated heterocycles. The Morgan fingerprint density at radius 1 is 0.952 bits per heavy atom. The first-order valence-electron chi connectivity index (χ1n) is 11.8. The first-order chi connectivity index (χ1) is 19.8. The van der Waals surface area contributed by atoms with E-state index in [2.05, 4.69) is 20.6 Å². The third kappa shape index (κ3) is 7.58. The summed E-state index contributed by atoms with van der Waals surface area (Å²) in [6, 6.07) is 16.1. The molecular formula is C27H21F4N5O5S. The number of aryl methyl sites for hydroxylation is 1. The van der Waals surface area contributed by atoms with E-state index in [0.29, 0.717) is 11.0 Å². The number of halogens is 4. The smallest absolute Gasteiger partial charge is 0.416 e. The third-order valence-electron chi connectivity index (χ3n) is 5.52. The van der Waals surface area contributed by atoms with E-state index in [0.717, 1.165) is 24.3 Å². The number of benzene rings is 3. The lowest BCUT2D eigenvalue weighted by Crippen LogP contribution is -2.20. The molecule has 5 aromatic rings. The van der Waals surface area contributed by atoms with Crippen molar-refractivity contribution in [3.05, 3.63) is 103 Å². The van der Waals surface area contributed by atoms with E-state index < -0.39 is 33.7 Å². The van der Waals surface area contributed by atoms with Crippen molar-refractivity contribution in [3.63, 3.8) is 0 Å². The number of hydrogen-bond acceptors (Lipinski definition) is 6. The highest BCUT2D eigenvalue weighted by molar-refractivity contribution is 7.85. The highest BCUT2D eigenvalue weighted by Crippen LogP contribution is 2.31. The van der Waals surface area contributed by atoms with Crippen molar-refractivity contribution in [3.8, 4) is 11.6 Å². The molecule has 0 atom stereocenters. The standard InChI is InChI=1S/C21H15F4N5O2.C6H6O3S/c1-30-8-7-17-18(30)19(27-11-26-17)32-14-5-6-16(15(22)10-14)29-20(31)28-13-4-2-3-12(9-13)21(23,24)25;7-10(8,9)6-4-2-1-3-5-6/h2-11H,1H3,(H2,28,29,31);1-5H,(H,7,8,9). The summed E-state index contributed by atoms with van der Waals surface area (Å²) in [7, 11) is -2.22. The number of amides is 2. The summed E-state index contributed by atoms with van der Waals surface area (Å²) < 4.78 is 89.5. The first kappa shape index (κ1) is 30.0. The lowest BCUT2D eigenvalue weighted by Gasteiger charge is -2.12. The molecule has 0 fully saturated rings. The number of rotatable bonds is 5. The molecule has 0 aliphatic heterocycles. The van der Waals surface area contributed by atoms with E-state index in [9.17, 15) is 30.8 Å². The minimum atomic E-state index is -4.55. The Balaban J connectivity index is 0.000000343. The number of fused-ring (bicyclic) bond motifs is 1. The van der Waals surface area contributed by atoms with E-state index >= 15 is 0 Å². The molecule has 5 rings (SSSR count). The summed E-state index contributed by atoms with van der Waals surface area (Å²) >= 11 is 0. The zero-order valence-electron chi connectivity index (χ0n) is 21.5. The Hall–Kier alpha value is -5.02. The van der Waals surface area contributed by atoms with Gasteiger partial charge in [-0.25, -0.2) is 14.2 Å². The quantitative estimate of drug-likeness (QED) is 0.154. The number of nitrogens with zero attached hydrogens (tertiary/aromatic N) is 3. The second-order valence-corrected chi connectivity index (χ2v) is 9.95. The first-order valence-corrected chi connectivity index (χ1v) is 13.3. The topological polar surface area (TPSA) is 135 Å². The number of aromatic nitrogens is 3. The number of hydrogen-bond donors (Lipinski definition) is 3. The molecule has 10 nitrogen and oxygen atoms in total. The second kappa shape index (κ2) is 12.2. The molecule has 0 aliphatic carbocycles. The Morgan fingerprint density at radius 3 is 2.33 bits per heavy atom. The molecule has 3 N–H and O–H groups in total. The fourth-order valence-electron chi connectivity index (χ4n) is 3.58. The Morgan fingerprint density at radius 2 is 1.69 bits per heavy atom. The van der Waals surface area contributed by atoms with Gasteiger partial charge in [-0.1, -0.05) is 24.3 Å². The lowest BCUT2D eigenvalue weighted by molar-refractivity contribution is -0.137. The van der Waals surface area contributed by atoms with Gasteiger partial charge in [-0.3, -0.25) is 4.55 Å². The van der Waals surface area contributed by atoms with Crippen LogP contribution in [0.5, 0.6) is 11.6 Å². The molecular weight excluding hydrogens is 582 g/mol. The minimum Gasteiger partial charge on any atom is -0.437 e. The fraction of sp³-hybridized carbons (Fsp3) is 0.0741. The normalized spacial score (nSPS) is 11.4. The molecule has 0 aliphatic rings. The van der Waals surface area contributed by atoms with Gasteiger partial charge in [0.2, 0.25) is 5.88 Å². The molecule has 0 spiro atoms. The van der Waals surface area contributed by atoms with Gasteiger partial charge in [0.15, 0.2) is 0 Å². The highest BCUT2D eigenvalue weighted by Gasteiger charge is 2.30. The van der Waals surface area contributed by atoms with Crippen LogP contribution in [0.1, 0.15) is 5.56 Å². The van der Waals surface area contributed by atoms with Crippen LogP contribution < -0.4 is 15.4 Å². The minimum absolute atomic E-state index is 0.0741. The van der Waals surface area contributed by atoms with Crippen molar-refractivity contribution in [1.82, 2.24) is 14.5 Å². The predicted octanol–water partition coefficient (Wildman–Crippen LogP) is 6.50. The van der Waals surface area contributed by atoms with Gasteiger partial charge in [0.25, 0.3) is 10.1 Å². The zero-order chi connectivity index (χ0) is 30.5. The van der Waals surface area contributed by atoms with Gasteiger partial charge in [0, 0.05) is 25.0 Å². The van der Waals surface area contributed by atoms with Crippen LogP contribution in [0.2, 0.25) is 0 Å². The van der Waals surface area contributed by atoms with Crippen LogP contribution in [0, 0.1) is 5.82 Å². The van der Waals surface area contributed by atoms with Crippen LogP contribution in [0.15, 0.2) is 96.3 Å². The Kier molecular flexibility index (Phi) is 8.73. The molecule has 2 aromatic heterocycles. The number of nitrogens with one attached hydrogen (secondary N) is 2. The molecule has 0 bridgehead atoms. The van der Waals surface area contributed by atoms with E-state index in [1.54, 1.807) is 42.1 Å². The Labute approximate surface area is 236 Å². The molecule has 0 radical (unpaired) electrons. The zero-order valence-corrected chi connectivity index (χ0v) is 22.3. The van der Waals surface area contributed by atoms with Gasteiger partial charge < -0.3 is 19.9 Å². The largest absolute Gasteiger partial charge is 0.437 e. The summed E-state index contributed by atoms with van der Waals surface area (Å²) in [5.74, 6) is -0.448. The molecule has 15 heteroatoms. The molecule has 3 aromatic carbocycles. The molecule has 42 heavy (non-hydrogen) atoms. The number of ether oxygens (including phenoxy) is 1. The number of carbonyl (C=O) groups is 1. The van der Waals surface area contributed by atoms with E-state index in [1.807, 2.05) is 0 Å². The summed E-state index contributed by atoms with van der Waals surface area (Å²) in [6.45, 7) is 0. The maximum Gasteiger partial charge on any atom is 0.416 e. The molecule has 0 saturated carbocycles. The van der Waals surface area contributed by atoms with Crippen molar-refractivity contribution in [1.29, 1.82) is 0 Å². The van der Waals surface area contributed by atoms with Crippen molar-refractivity contribution in [2.75, 3.05) is 10.6 Å². The van der Waals surface area contributed by atoms with E-state index in [4.69, 9.17) is 9.29 Å². The monoisotopic (exact) mass is 603 g/mol. The Bertz CT molecular complexity index is 1830. The number of urea groups is 1. The molecule has 0 unspecified atom stereocenters. The van der Waals surface area contributed by atoms with Crippen molar-refractivity contribution >= 4 is 38.6 Å². The lowest BCUT2D eigenvalue weighted by atomic mass is 10.2. The molecule has 2 heterocycles. The SMILES string of the molecule is Cn1ccc2ncnc(Oc3ccc(NC(=O)Nc4cccc(C(F)(F)F)c4)c(F)c3)c21.O=S(=O)(O)c1ccccc1. The summed E-state index contributed by atoms with van der Waals surface area (Å²) in [5.41, 5.74) is 0.0830. The van der Waals surface area contributed by atoms with Gasteiger partial charge >= 0.3 is 12.2 Å². The third-order valence-corrected chi connectivity index (χ3v) is 6.39. The van der Waals surface area contributed by atoms with Gasteiger partial charge in [-0.05, 0) is 48.5 Å². The fourth-order valence-corrected chi connectivity index (χ4v) is 4.08. The predicted molar refractivity (Wildman–Crippen MR) is 145 cm³/mol. The summed E-state index contributed by atoms with van der Waals surface area (Å²) in [6.07, 6.45) is -1.45. The van der Waals surface area contributed by atoms with E-state index in [1.165, 1.54) is 36.7 Å². The van der Waals surface area contributed by atoms with Gasteiger partial charge in [-0.2, -0.15) is 26.6 Å². The second-order valence-electron chi connectivity index (χ2n) is 8.53. The van der Waals surface area contributed by atoms with Crippen molar-refractivity contribution < 1.29 is 40.1 Å². The molecule has 2 amide bonds. The number of carbonyl (C=O) groups excluding carboxylic acids is 1. The van der Waals surface area contributed by atoms with E-state index in [-0.39, 0.29) is 27.9 Å². The van der Waals surface area contributed by atoms with Gasteiger partial charge in [0.1, 0.15) is 23.4 Å². The summed E-state index contributed by atoms with van der Waals surface area (Å²) in [5, 5.41) is 4.49. The van der Waals surface area contributed by atoms with Crippen LogP contribution in [0.25, 0.3) is 11.0 Å². The van der Waals surface area contributed by atoms with Gasteiger partial charge in [0.05, 0.1) is 21.7 Å². The number of alkyl halides is 3. The van der Waals surface area contributed by atoms with Crippen LogP contribution in [0.3, 0.4) is 0 Å². The average molecular weight is 604 g/mol. The van der Waals surface area contributed by atoms with Crippen LogP contribution in [0.4, 0.5) is 33.7 Å². The average Bonchev–Trinajstić information content (AvgIpc) is 3.32. The van der Waals surface area contributed by atoms with Crippen LogP contribution in [-0.2, 0) is 23.3 Å². The maximum atomic E-state index is 14.5.